The van der Waals surface area contributed by atoms with Crippen molar-refractivity contribution in [2.45, 2.75) is 37.7 Å². The predicted molar refractivity (Wildman–Crippen MR) is 62.2 cm³/mol. The summed E-state index contributed by atoms with van der Waals surface area (Å²) in [7, 11) is -3.55. The molecule has 1 aromatic carbocycles. The summed E-state index contributed by atoms with van der Waals surface area (Å²) in [5.74, 6) is 0. The third-order valence-electron chi connectivity index (χ3n) is 2.11. The maximum absolute atomic E-state index is 11.7. The maximum atomic E-state index is 11.7. The van der Waals surface area contributed by atoms with Crippen molar-refractivity contribution in [2.75, 3.05) is 0 Å². The van der Waals surface area contributed by atoms with Gasteiger partial charge >= 0.3 is 0 Å². The Morgan fingerprint density at radius 2 is 1.94 bits per heavy atom. The van der Waals surface area contributed by atoms with Crippen molar-refractivity contribution in [3.63, 3.8) is 0 Å². The van der Waals surface area contributed by atoms with Crippen LogP contribution in [-0.2, 0) is 14.9 Å². The summed E-state index contributed by atoms with van der Waals surface area (Å²) in [4.78, 5) is 7.40. The minimum Gasteiger partial charge on any atom is -0.284 e. The van der Waals surface area contributed by atoms with E-state index in [0.717, 1.165) is 12.8 Å². The third-order valence-corrected chi connectivity index (χ3v) is 3.32. The van der Waals surface area contributed by atoms with Crippen molar-refractivity contribution in [3.8, 4) is 0 Å². The van der Waals surface area contributed by atoms with Crippen LogP contribution in [0.2, 0.25) is 0 Å². The van der Waals surface area contributed by atoms with Crippen LogP contribution in [0.1, 0.15) is 26.7 Å². The number of rotatable bonds is 6. The highest BCUT2D eigenvalue weighted by atomic mass is 32.2. The lowest BCUT2D eigenvalue weighted by Crippen LogP contribution is -2.28. The van der Waals surface area contributed by atoms with Crippen molar-refractivity contribution < 1.29 is 13.3 Å². The molecule has 0 saturated heterocycles. The summed E-state index contributed by atoms with van der Waals surface area (Å²) < 4.78 is 23.4. The van der Waals surface area contributed by atoms with Gasteiger partial charge in [0.25, 0.3) is 10.0 Å². The maximum Gasteiger partial charge on any atom is 0.262 e. The molecule has 0 aromatic heterocycles. The topological polar surface area (TPSA) is 55.4 Å². The van der Waals surface area contributed by atoms with E-state index in [1.54, 1.807) is 18.2 Å². The van der Waals surface area contributed by atoms with E-state index in [2.05, 4.69) is 4.89 Å². The van der Waals surface area contributed by atoms with Crippen LogP contribution in [-0.4, -0.2) is 14.5 Å². The summed E-state index contributed by atoms with van der Waals surface area (Å²) in [6.45, 7) is 3.85. The van der Waals surface area contributed by atoms with Gasteiger partial charge in [-0.2, -0.15) is 0 Å². The lowest BCUT2D eigenvalue weighted by atomic mass is 10.2. The molecule has 1 rings (SSSR count). The van der Waals surface area contributed by atoms with Gasteiger partial charge in [-0.1, -0.05) is 36.4 Å². The molecule has 4 nitrogen and oxygen atoms in total. The molecule has 5 heteroatoms. The molecule has 0 bridgehead atoms. The Morgan fingerprint density at radius 1 is 1.31 bits per heavy atom. The van der Waals surface area contributed by atoms with E-state index in [0.29, 0.717) is 0 Å². The van der Waals surface area contributed by atoms with E-state index < -0.39 is 10.0 Å². The lowest BCUT2D eigenvalue weighted by Gasteiger charge is -2.12. The van der Waals surface area contributed by atoms with E-state index in [1.165, 1.54) is 12.1 Å². The summed E-state index contributed by atoms with van der Waals surface area (Å²) in [6.07, 6.45) is 1.65. The van der Waals surface area contributed by atoms with Crippen LogP contribution < -0.4 is 4.89 Å². The molecule has 90 valence electrons. The highest BCUT2D eigenvalue weighted by Gasteiger charge is 2.14. The zero-order valence-electron chi connectivity index (χ0n) is 9.51. The van der Waals surface area contributed by atoms with Crippen molar-refractivity contribution in [3.05, 3.63) is 30.3 Å². The molecule has 1 unspecified atom stereocenters. The molecule has 0 heterocycles. The summed E-state index contributed by atoms with van der Waals surface area (Å²) in [6, 6.07) is 8.15. The van der Waals surface area contributed by atoms with Crippen LogP contribution in [0.3, 0.4) is 0 Å². The first-order chi connectivity index (χ1) is 7.56. The molecular formula is C11H17NO3S. The fourth-order valence-electron chi connectivity index (χ4n) is 1.26. The van der Waals surface area contributed by atoms with Crippen molar-refractivity contribution >= 4 is 10.0 Å². The first-order valence-electron chi connectivity index (χ1n) is 5.28. The molecule has 1 aromatic rings. The summed E-state index contributed by atoms with van der Waals surface area (Å²) >= 11 is 0. The molecule has 0 spiro atoms. The van der Waals surface area contributed by atoms with Crippen LogP contribution in [0.25, 0.3) is 0 Å². The highest BCUT2D eigenvalue weighted by molar-refractivity contribution is 7.89. The summed E-state index contributed by atoms with van der Waals surface area (Å²) in [5.41, 5.74) is 0. The van der Waals surface area contributed by atoms with Gasteiger partial charge in [0.1, 0.15) is 0 Å². The Hall–Kier alpha value is -0.910. The Labute approximate surface area is 96.6 Å². The van der Waals surface area contributed by atoms with Gasteiger partial charge in [-0.3, -0.25) is 4.84 Å². The van der Waals surface area contributed by atoms with Gasteiger partial charge in [-0.05, 0) is 25.5 Å². The van der Waals surface area contributed by atoms with E-state index in [4.69, 9.17) is 4.84 Å². The number of hydrogen-bond donors (Lipinski definition) is 1. The molecule has 0 aliphatic heterocycles. The van der Waals surface area contributed by atoms with Crippen molar-refractivity contribution in [1.29, 1.82) is 0 Å². The fraction of sp³-hybridized carbons (Fsp3) is 0.455. The number of benzene rings is 1. The molecule has 0 amide bonds. The fourth-order valence-corrected chi connectivity index (χ4v) is 2.16. The second-order valence-electron chi connectivity index (χ2n) is 3.62. The average Bonchev–Trinajstić information content (AvgIpc) is 2.28. The van der Waals surface area contributed by atoms with Gasteiger partial charge in [-0.15, -0.1) is 0 Å². The second kappa shape index (κ2) is 5.98. The molecule has 1 atom stereocenters. The first-order valence-corrected chi connectivity index (χ1v) is 6.77. The van der Waals surface area contributed by atoms with Crippen molar-refractivity contribution in [1.82, 2.24) is 4.89 Å². The number of nitrogens with one attached hydrogen (secondary N) is 1. The zero-order valence-corrected chi connectivity index (χ0v) is 10.3. The van der Waals surface area contributed by atoms with E-state index >= 15 is 0 Å². The molecule has 16 heavy (non-hydrogen) atoms. The second-order valence-corrected chi connectivity index (χ2v) is 5.26. The monoisotopic (exact) mass is 243 g/mol. The largest absolute Gasteiger partial charge is 0.284 e. The molecule has 0 saturated carbocycles. The SMILES string of the molecule is CCCC(C)ONS(=O)(=O)c1ccccc1. The third kappa shape index (κ3) is 3.92. The van der Waals surface area contributed by atoms with Crippen molar-refractivity contribution in [2.24, 2.45) is 0 Å². The average molecular weight is 243 g/mol. The minimum absolute atomic E-state index is 0.122. The lowest BCUT2D eigenvalue weighted by molar-refractivity contribution is 0.0239. The van der Waals surface area contributed by atoms with Crippen LogP contribution in [0.4, 0.5) is 0 Å². The standard InChI is InChI=1S/C11H17NO3S/c1-3-7-10(2)15-12-16(13,14)11-8-5-4-6-9-11/h4-6,8-10,12H,3,7H2,1-2H3. The van der Waals surface area contributed by atoms with Gasteiger partial charge in [0, 0.05) is 0 Å². The van der Waals surface area contributed by atoms with E-state index in [1.807, 2.05) is 13.8 Å². The van der Waals surface area contributed by atoms with Crippen LogP contribution >= 0.6 is 0 Å². The Bertz CT molecular complexity index is 402. The van der Waals surface area contributed by atoms with Gasteiger partial charge < -0.3 is 0 Å². The molecular weight excluding hydrogens is 226 g/mol. The minimum atomic E-state index is -3.55. The Morgan fingerprint density at radius 3 is 2.50 bits per heavy atom. The molecule has 1 N–H and O–H groups in total. The smallest absolute Gasteiger partial charge is 0.262 e. The van der Waals surface area contributed by atoms with Crippen LogP contribution in [0.15, 0.2) is 35.2 Å². The van der Waals surface area contributed by atoms with Gasteiger partial charge in [0.2, 0.25) is 0 Å². The summed E-state index contributed by atoms with van der Waals surface area (Å²) in [5, 5.41) is 0. The van der Waals surface area contributed by atoms with Gasteiger partial charge in [-0.25, -0.2) is 8.42 Å². The zero-order chi connectivity index (χ0) is 12.0. The predicted octanol–water partition coefficient (Wildman–Crippen LogP) is 2.09. The normalized spacial score (nSPS) is 13.6. The van der Waals surface area contributed by atoms with Gasteiger partial charge in [0.15, 0.2) is 0 Å². The quantitative estimate of drug-likeness (QED) is 0.778. The van der Waals surface area contributed by atoms with E-state index in [-0.39, 0.29) is 11.0 Å². The molecule has 0 fully saturated rings. The molecule has 0 aliphatic rings. The number of sulfonamides is 1. The van der Waals surface area contributed by atoms with Crippen LogP contribution in [0, 0.1) is 0 Å². The molecule has 0 radical (unpaired) electrons. The number of hydrogen-bond acceptors (Lipinski definition) is 3. The van der Waals surface area contributed by atoms with E-state index in [9.17, 15) is 8.42 Å². The Balaban J connectivity index is 2.60. The Kier molecular flexibility index (Phi) is 4.92. The van der Waals surface area contributed by atoms with Crippen LogP contribution in [0.5, 0.6) is 0 Å². The highest BCUT2D eigenvalue weighted by Crippen LogP contribution is 2.08. The van der Waals surface area contributed by atoms with Gasteiger partial charge in [0.05, 0.1) is 11.0 Å². The molecule has 0 aliphatic carbocycles. The first kappa shape index (κ1) is 13.2.